The molecule has 3 aromatic rings. The molecule has 3 aromatic heterocycles. The molecule has 0 saturated heterocycles. The van der Waals surface area contributed by atoms with Gasteiger partial charge in [0.1, 0.15) is 5.82 Å². The third-order valence-electron chi connectivity index (χ3n) is 2.36. The van der Waals surface area contributed by atoms with Gasteiger partial charge in [0.15, 0.2) is 5.82 Å². The maximum atomic E-state index is 4.41. The van der Waals surface area contributed by atoms with E-state index >= 15 is 0 Å². The van der Waals surface area contributed by atoms with E-state index < -0.39 is 0 Å². The fourth-order valence-electron chi connectivity index (χ4n) is 1.55. The number of hydrogen-bond acceptors (Lipinski definition) is 4. The first kappa shape index (κ1) is 9.71. The molecule has 1 N–H and O–H groups in total. The SMILES string of the molecule is c1cc(-c2n[nH]c(Cn3ccnc3)n2)ccn1. The van der Waals surface area contributed by atoms with E-state index in [-0.39, 0.29) is 0 Å². The number of nitrogens with zero attached hydrogens (tertiary/aromatic N) is 5. The number of aromatic nitrogens is 6. The van der Waals surface area contributed by atoms with Crippen LogP contribution in [0.2, 0.25) is 0 Å². The van der Waals surface area contributed by atoms with Crippen molar-refractivity contribution in [2.75, 3.05) is 0 Å². The van der Waals surface area contributed by atoms with Crippen molar-refractivity contribution in [1.29, 1.82) is 0 Å². The molecule has 0 amide bonds. The van der Waals surface area contributed by atoms with E-state index in [1.54, 1.807) is 24.9 Å². The monoisotopic (exact) mass is 226 g/mol. The highest BCUT2D eigenvalue weighted by molar-refractivity contribution is 5.52. The molecule has 17 heavy (non-hydrogen) atoms. The topological polar surface area (TPSA) is 72.3 Å². The number of aromatic amines is 1. The number of pyridine rings is 1. The molecule has 6 nitrogen and oxygen atoms in total. The van der Waals surface area contributed by atoms with Crippen LogP contribution in [-0.4, -0.2) is 29.7 Å². The van der Waals surface area contributed by atoms with E-state index in [0.717, 1.165) is 11.4 Å². The first-order chi connectivity index (χ1) is 8.42. The van der Waals surface area contributed by atoms with Gasteiger partial charge in [-0.3, -0.25) is 10.1 Å². The third-order valence-corrected chi connectivity index (χ3v) is 2.36. The molecule has 0 aromatic carbocycles. The maximum Gasteiger partial charge on any atom is 0.181 e. The van der Waals surface area contributed by atoms with Gasteiger partial charge in [-0.05, 0) is 12.1 Å². The molecule has 0 aliphatic rings. The van der Waals surface area contributed by atoms with Gasteiger partial charge in [-0.15, -0.1) is 0 Å². The van der Waals surface area contributed by atoms with Crippen LogP contribution in [0.3, 0.4) is 0 Å². The maximum absolute atomic E-state index is 4.41. The molecule has 3 heterocycles. The minimum atomic E-state index is 0.637. The highest BCUT2D eigenvalue weighted by Gasteiger charge is 2.05. The van der Waals surface area contributed by atoms with Crippen LogP contribution in [0.25, 0.3) is 11.4 Å². The molecule has 84 valence electrons. The van der Waals surface area contributed by atoms with Crippen molar-refractivity contribution < 1.29 is 0 Å². The fraction of sp³-hybridized carbons (Fsp3) is 0.0909. The van der Waals surface area contributed by atoms with E-state index in [1.165, 1.54) is 0 Å². The first-order valence-corrected chi connectivity index (χ1v) is 5.19. The molecule has 0 aliphatic carbocycles. The van der Waals surface area contributed by atoms with Gasteiger partial charge in [-0.1, -0.05) is 0 Å². The van der Waals surface area contributed by atoms with Crippen molar-refractivity contribution in [2.24, 2.45) is 0 Å². The fourth-order valence-corrected chi connectivity index (χ4v) is 1.55. The van der Waals surface area contributed by atoms with E-state index in [9.17, 15) is 0 Å². The average Bonchev–Trinajstić information content (AvgIpc) is 3.02. The first-order valence-electron chi connectivity index (χ1n) is 5.19. The summed E-state index contributed by atoms with van der Waals surface area (Å²) in [5.74, 6) is 1.48. The Morgan fingerprint density at radius 3 is 2.76 bits per heavy atom. The molecule has 0 radical (unpaired) electrons. The number of nitrogens with one attached hydrogen (secondary N) is 1. The number of hydrogen-bond donors (Lipinski definition) is 1. The Kier molecular flexibility index (Phi) is 2.38. The van der Waals surface area contributed by atoms with Crippen molar-refractivity contribution in [1.82, 2.24) is 29.7 Å². The van der Waals surface area contributed by atoms with Crippen LogP contribution in [0, 0.1) is 0 Å². The van der Waals surface area contributed by atoms with Crippen molar-refractivity contribution in [2.45, 2.75) is 6.54 Å². The van der Waals surface area contributed by atoms with E-state index in [4.69, 9.17) is 0 Å². The zero-order chi connectivity index (χ0) is 11.5. The molecule has 0 fully saturated rings. The number of imidazole rings is 1. The van der Waals surface area contributed by atoms with Crippen molar-refractivity contribution in [3.63, 3.8) is 0 Å². The zero-order valence-corrected chi connectivity index (χ0v) is 8.98. The van der Waals surface area contributed by atoms with Gasteiger partial charge in [0.05, 0.1) is 12.9 Å². The summed E-state index contributed by atoms with van der Waals surface area (Å²) in [6.45, 7) is 0.637. The highest BCUT2D eigenvalue weighted by atomic mass is 15.2. The molecule has 0 atom stereocenters. The molecule has 0 saturated carbocycles. The van der Waals surface area contributed by atoms with Crippen LogP contribution in [0.15, 0.2) is 43.2 Å². The minimum Gasteiger partial charge on any atom is -0.330 e. The predicted molar refractivity (Wildman–Crippen MR) is 60.9 cm³/mol. The van der Waals surface area contributed by atoms with Gasteiger partial charge in [-0.25, -0.2) is 9.97 Å². The standard InChI is InChI=1S/C11H10N6/c1-3-12-4-2-9(1)11-14-10(15-16-11)7-17-6-5-13-8-17/h1-6,8H,7H2,(H,14,15,16). The minimum absolute atomic E-state index is 0.637. The van der Waals surface area contributed by atoms with E-state index in [2.05, 4.69) is 25.1 Å². The second-order valence-corrected chi connectivity index (χ2v) is 3.58. The van der Waals surface area contributed by atoms with Crippen LogP contribution >= 0.6 is 0 Å². The van der Waals surface area contributed by atoms with Crippen molar-refractivity contribution >= 4 is 0 Å². The molecule has 3 rings (SSSR count). The summed E-state index contributed by atoms with van der Waals surface area (Å²) >= 11 is 0. The van der Waals surface area contributed by atoms with Crippen LogP contribution in [0.4, 0.5) is 0 Å². The van der Waals surface area contributed by atoms with Gasteiger partial charge >= 0.3 is 0 Å². The number of rotatable bonds is 3. The Morgan fingerprint density at radius 2 is 2.00 bits per heavy atom. The van der Waals surface area contributed by atoms with Crippen LogP contribution in [-0.2, 0) is 6.54 Å². The summed E-state index contributed by atoms with van der Waals surface area (Å²) in [5, 5.41) is 7.08. The summed E-state index contributed by atoms with van der Waals surface area (Å²) < 4.78 is 1.93. The summed E-state index contributed by atoms with van der Waals surface area (Å²) in [5.41, 5.74) is 0.952. The highest BCUT2D eigenvalue weighted by Crippen LogP contribution is 2.12. The molecule has 0 aliphatic heterocycles. The van der Waals surface area contributed by atoms with Crippen LogP contribution in [0.5, 0.6) is 0 Å². The normalized spacial score (nSPS) is 10.6. The van der Waals surface area contributed by atoms with E-state index in [0.29, 0.717) is 12.4 Å². The Hall–Kier alpha value is -2.50. The van der Waals surface area contributed by atoms with Crippen molar-refractivity contribution in [3.05, 3.63) is 49.1 Å². The molecular weight excluding hydrogens is 216 g/mol. The van der Waals surface area contributed by atoms with Gasteiger partial charge in [0.2, 0.25) is 0 Å². The summed E-state index contributed by atoms with van der Waals surface area (Å²) in [6, 6.07) is 3.76. The quantitative estimate of drug-likeness (QED) is 0.726. The number of H-pyrrole nitrogens is 1. The van der Waals surface area contributed by atoms with Gasteiger partial charge < -0.3 is 4.57 Å². The summed E-state index contributed by atoms with van der Waals surface area (Å²) in [4.78, 5) is 12.3. The van der Waals surface area contributed by atoms with Crippen LogP contribution in [0.1, 0.15) is 5.82 Å². The average molecular weight is 226 g/mol. The largest absolute Gasteiger partial charge is 0.330 e. The zero-order valence-electron chi connectivity index (χ0n) is 8.98. The Labute approximate surface area is 97.4 Å². The van der Waals surface area contributed by atoms with Crippen molar-refractivity contribution in [3.8, 4) is 11.4 Å². The lowest BCUT2D eigenvalue weighted by Gasteiger charge is -1.95. The predicted octanol–water partition coefficient (Wildman–Crippen LogP) is 1.11. The molecular formula is C11H10N6. The molecule has 0 bridgehead atoms. The lowest BCUT2D eigenvalue weighted by molar-refractivity contribution is 0.747. The second kappa shape index (κ2) is 4.17. The van der Waals surface area contributed by atoms with Crippen LogP contribution < -0.4 is 0 Å². The van der Waals surface area contributed by atoms with Gasteiger partial charge in [0.25, 0.3) is 0 Å². The smallest absolute Gasteiger partial charge is 0.181 e. The Balaban J connectivity index is 1.84. The molecule has 0 unspecified atom stereocenters. The van der Waals surface area contributed by atoms with E-state index in [1.807, 2.05) is 22.9 Å². The summed E-state index contributed by atoms with van der Waals surface area (Å²) in [6.07, 6.45) is 8.81. The lowest BCUT2D eigenvalue weighted by atomic mass is 10.2. The lowest BCUT2D eigenvalue weighted by Crippen LogP contribution is -1.98. The summed E-state index contributed by atoms with van der Waals surface area (Å²) in [7, 11) is 0. The Morgan fingerprint density at radius 1 is 1.12 bits per heavy atom. The second-order valence-electron chi connectivity index (χ2n) is 3.58. The molecule has 0 spiro atoms. The van der Waals surface area contributed by atoms with Gasteiger partial charge in [0, 0.05) is 30.4 Å². The third kappa shape index (κ3) is 2.05. The molecule has 6 heteroatoms. The van der Waals surface area contributed by atoms with Gasteiger partial charge in [-0.2, -0.15) is 5.10 Å². The Bertz CT molecular complexity index is 583.